The van der Waals surface area contributed by atoms with E-state index in [9.17, 15) is 9.18 Å². The number of hydrogen-bond donors (Lipinski definition) is 1. The van der Waals surface area contributed by atoms with Crippen LogP contribution in [0, 0.1) is 5.82 Å². The van der Waals surface area contributed by atoms with Crippen LogP contribution in [0.2, 0.25) is 0 Å². The van der Waals surface area contributed by atoms with Crippen molar-refractivity contribution >= 4 is 28.6 Å². The van der Waals surface area contributed by atoms with E-state index in [1.165, 1.54) is 17.4 Å². The number of allylic oxidation sites excluding steroid dienone is 1. The minimum Gasteiger partial charge on any atom is -0.489 e. The maximum atomic E-state index is 13.8. The van der Waals surface area contributed by atoms with E-state index in [4.69, 9.17) is 19.9 Å². The van der Waals surface area contributed by atoms with E-state index in [0.29, 0.717) is 38.8 Å². The molecule has 172 valence electrons. The van der Waals surface area contributed by atoms with Crippen LogP contribution >= 0.6 is 11.3 Å². The number of rotatable bonds is 10. The average molecular weight is 468 g/mol. The molecule has 0 atom stereocenters. The number of esters is 1. The fourth-order valence-corrected chi connectivity index (χ4v) is 4.35. The third kappa shape index (κ3) is 6.02. The van der Waals surface area contributed by atoms with E-state index in [2.05, 4.69) is 6.58 Å². The fraction of sp³-hybridized carbons (Fsp3) is 0.192. The number of nitrogens with two attached hydrogens (primary N) is 1. The van der Waals surface area contributed by atoms with Crippen molar-refractivity contribution in [3.05, 3.63) is 94.0 Å². The first-order valence-electron chi connectivity index (χ1n) is 10.4. The van der Waals surface area contributed by atoms with Crippen LogP contribution in [0.1, 0.15) is 35.4 Å². The van der Waals surface area contributed by atoms with E-state index in [1.54, 1.807) is 62.4 Å². The molecular weight excluding hydrogens is 441 g/mol. The van der Waals surface area contributed by atoms with Gasteiger partial charge in [0.25, 0.3) is 0 Å². The second-order valence-electron chi connectivity index (χ2n) is 7.06. The zero-order valence-corrected chi connectivity index (χ0v) is 19.4. The number of hydrogen-bond acceptors (Lipinski definition) is 6. The van der Waals surface area contributed by atoms with Crippen LogP contribution in [0.5, 0.6) is 11.5 Å². The van der Waals surface area contributed by atoms with Crippen molar-refractivity contribution in [3.8, 4) is 11.5 Å². The van der Waals surface area contributed by atoms with Crippen LogP contribution in [0.3, 0.4) is 0 Å². The molecule has 7 heteroatoms. The SMILES string of the molecule is C=C(N)c1c(COc2cccc(OCc3ccccc3F)c2)csc1/C(=C\C)C(=O)OCC. The van der Waals surface area contributed by atoms with E-state index < -0.39 is 5.97 Å². The average Bonchev–Trinajstić information content (AvgIpc) is 3.22. The minimum absolute atomic E-state index is 0.112. The number of ether oxygens (including phenoxy) is 3. The summed E-state index contributed by atoms with van der Waals surface area (Å²) in [7, 11) is 0. The summed E-state index contributed by atoms with van der Waals surface area (Å²) < 4.78 is 30.6. The first-order chi connectivity index (χ1) is 15.9. The number of benzene rings is 2. The van der Waals surface area contributed by atoms with Crippen LogP contribution in [0.25, 0.3) is 11.3 Å². The molecule has 1 heterocycles. The van der Waals surface area contributed by atoms with Gasteiger partial charge in [0.1, 0.15) is 30.5 Å². The highest BCUT2D eigenvalue weighted by atomic mass is 32.1. The Balaban J connectivity index is 1.73. The molecule has 0 bridgehead atoms. The number of carbonyl (C=O) groups is 1. The Kier molecular flexibility index (Phi) is 8.27. The van der Waals surface area contributed by atoms with Gasteiger partial charge in [-0.2, -0.15) is 0 Å². The number of halogens is 1. The van der Waals surface area contributed by atoms with Crippen molar-refractivity contribution in [2.24, 2.45) is 5.73 Å². The Labute approximate surface area is 196 Å². The molecule has 2 N–H and O–H groups in total. The van der Waals surface area contributed by atoms with Crippen molar-refractivity contribution in [2.45, 2.75) is 27.1 Å². The van der Waals surface area contributed by atoms with E-state index >= 15 is 0 Å². The molecule has 0 aliphatic heterocycles. The maximum Gasteiger partial charge on any atom is 0.339 e. The van der Waals surface area contributed by atoms with Crippen LogP contribution in [0.15, 0.2) is 66.6 Å². The molecule has 2 aromatic carbocycles. The lowest BCUT2D eigenvalue weighted by Crippen LogP contribution is -2.09. The van der Waals surface area contributed by atoms with Gasteiger partial charge in [-0.1, -0.05) is 36.9 Å². The summed E-state index contributed by atoms with van der Waals surface area (Å²) in [5, 5.41) is 1.89. The Morgan fingerprint density at radius 3 is 2.36 bits per heavy atom. The molecule has 1 aromatic heterocycles. The molecule has 0 fully saturated rings. The van der Waals surface area contributed by atoms with Gasteiger partial charge in [0.15, 0.2) is 0 Å². The van der Waals surface area contributed by atoms with Gasteiger partial charge in [0.2, 0.25) is 0 Å². The number of carbonyl (C=O) groups excluding carboxylic acids is 1. The van der Waals surface area contributed by atoms with Crippen molar-refractivity contribution in [1.82, 2.24) is 0 Å². The summed E-state index contributed by atoms with van der Waals surface area (Å²) in [6.45, 7) is 8.02. The summed E-state index contributed by atoms with van der Waals surface area (Å²) in [4.78, 5) is 13.0. The van der Waals surface area contributed by atoms with Gasteiger partial charge in [-0.15, -0.1) is 11.3 Å². The predicted molar refractivity (Wildman–Crippen MR) is 129 cm³/mol. The summed E-state index contributed by atoms with van der Waals surface area (Å²) in [6, 6.07) is 13.6. The van der Waals surface area contributed by atoms with Crippen LogP contribution in [0.4, 0.5) is 4.39 Å². The highest BCUT2D eigenvalue weighted by Gasteiger charge is 2.22. The lowest BCUT2D eigenvalue weighted by Gasteiger charge is -2.12. The van der Waals surface area contributed by atoms with Crippen LogP contribution < -0.4 is 15.2 Å². The van der Waals surface area contributed by atoms with Gasteiger partial charge in [-0.05, 0) is 37.4 Å². The minimum atomic E-state index is -0.406. The summed E-state index contributed by atoms with van der Waals surface area (Å²) in [5.41, 5.74) is 8.80. The van der Waals surface area contributed by atoms with E-state index in [-0.39, 0.29) is 25.6 Å². The second-order valence-corrected chi connectivity index (χ2v) is 7.94. The van der Waals surface area contributed by atoms with Gasteiger partial charge < -0.3 is 19.9 Å². The zero-order chi connectivity index (χ0) is 23.8. The first-order valence-corrected chi connectivity index (χ1v) is 11.3. The van der Waals surface area contributed by atoms with Gasteiger partial charge in [0.05, 0.1) is 17.1 Å². The first kappa shape index (κ1) is 24.1. The molecule has 0 saturated heterocycles. The quantitative estimate of drug-likeness (QED) is 0.295. The van der Waals surface area contributed by atoms with Crippen molar-refractivity contribution in [1.29, 1.82) is 0 Å². The number of thiophene rings is 1. The lowest BCUT2D eigenvalue weighted by atomic mass is 10.0. The summed E-state index contributed by atoms with van der Waals surface area (Å²) in [5.74, 6) is 0.426. The van der Waals surface area contributed by atoms with E-state index in [0.717, 1.165) is 5.56 Å². The molecule has 0 spiro atoms. The fourth-order valence-electron chi connectivity index (χ4n) is 3.19. The van der Waals surface area contributed by atoms with Gasteiger partial charge in [0, 0.05) is 28.5 Å². The molecule has 3 rings (SSSR count). The lowest BCUT2D eigenvalue weighted by molar-refractivity contribution is -0.136. The predicted octanol–water partition coefficient (Wildman–Crippen LogP) is 5.94. The molecule has 5 nitrogen and oxygen atoms in total. The molecule has 3 aromatic rings. The smallest absolute Gasteiger partial charge is 0.339 e. The molecule has 0 radical (unpaired) electrons. The maximum absolute atomic E-state index is 13.8. The summed E-state index contributed by atoms with van der Waals surface area (Å²) >= 11 is 1.39. The molecule has 0 aliphatic rings. The largest absolute Gasteiger partial charge is 0.489 e. The van der Waals surface area contributed by atoms with Crippen molar-refractivity contribution < 1.29 is 23.4 Å². The van der Waals surface area contributed by atoms with E-state index in [1.807, 2.05) is 5.38 Å². The Bertz CT molecular complexity index is 1170. The third-order valence-electron chi connectivity index (χ3n) is 4.77. The monoisotopic (exact) mass is 467 g/mol. The second kappa shape index (κ2) is 11.3. The van der Waals surface area contributed by atoms with Gasteiger partial charge in [-0.25, -0.2) is 9.18 Å². The zero-order valence-electron chi connectivity index (χ0n) is 18.6. The normalized spacial score (nSPS) is 11.2. The Hall–Kier alpha value is -3.58. The molecule has 0 saturated carbocycles. The topological polar surface area (TPSA) is 70.8 Å². The Morgan fingerprint density at radius 1 is 1.09 bits per heavy atom. The molecule has 0 unspecified atom stereocenters. The summed E-state index contributed by atoms with van der Waals surface area (Å²) in [6.07, 6.45) is 1.71. The highest BCUT2D eigenvalue weighted by Crippen LogP contribution is 2.34. The Morgan fingerprint density at radius 2 is 1.76 bits per heavy atom. The molecular formula is C26H26FNO4S. The third-order valence-corrected chi connectivity index (χ3v) is 5.83. The highest BCUT2D eigenvalue weighted by molar-refractivity contribution is 7.12. The van der Waals surface area contributed by atoms with Gasteiger partial charge in [-0.3, -0.25) is 0 Å². The van der Waals surface area contributed by atoms with Crippen molar-refractivity contribution in [3.63, 3.8) is 0 Å². The molecule has 33 heavy (non-hydrogen) atoms. The van der Waals surface area contributed by atoms with Crippen molar-refractivity contribution in [2.75, 3.05) is 6.61 Å². The molecule has 0 aliphatic carbocycles. The van der Waals surface area contributed by atoms with Crippen LogP contribution in [-0.4, -0.2) is 12.6 Å². The van der Waals surface area contributed by atoms with Crippen LogP contribution in [-0.2, 0) is 22.7 Å². The molecule has 0 amide bonds. The van der Waals surface area contributed by atoms with Gasteiger partial charge >= 0.3 is 5.97 Å². The standard InChI is InChI=1S/C26H26FNO4S/c1-4-22(26(29)30-5-2)25-24(17(3)28)19(16-33-25)15-32-21-11-8-10-20(13-21)31-14-18-9-6-7-12-23(18)27/h4,6-13,16H,3,5,14-15,28H2,1-2H3/b22-4+.